The van der Waals surface area contributed by atoms with Crippen molar-refractivity contribution >= 4 is 34.1 Å². The summed E-state index contributed by atoms with van der Waals surface area (Å²) in [6.45, 7) is 10.8. The molecule has 0 radical (unpaired) electrons. The van der Waals surface area contributed by atoms with Gasteiger partial charge in [-0.15, -0.1) is 11.3 Å². The number of nitrogens with zero attached hydrogens (tertiary/aromatic N) is 1. The number of ether oxygens (including phenoxy) is 2. The van der Waals surface area contributed by atoms with Gasteiger partial charge in [-0.05, 0) is 41.0 Å². The second kappa shape index (κ2) is 8.10. The van der Waals surface area contributed by atoms with Crippen LogP contribution in [0.25, 0.3) is 5.57 Å². The second-order valence-corrected chi connectivity index (χ2v) is 7.00. The fraction of sp³-hybridized carbons (Fsp3) is 0.562. The first kappa shape index (κ1) is 19.2. The van der Waals surface area contributed by atoms with Crippen molar-refractivity contribution in [2.45, 2.75) is 59.7 Å². The Bertz CT molecular complexity index is 585. The molecule has 0 fully saturated rings. The van der Waals surface area contributed by atoms with Gasteiger partial charge >= 0.3 is 12.1 Å². The molecule has 0 atom stereocenters. The third-order valence-corrected chi connectivity index (χ3v) is 3.12. The fourth-order valence-electron chi connectivity index (χ4n) is 1.62. The first-order chi connectivity index (χ1) is 10.6. The van der Waals surface area contributed by atoms with Crippen molar-refractivity contribution in [3.63, 3.8) is 0 Å². The van der Waals surface area contributed by atoms with Crippen molar-refractivity contribution < 1.29 is 19.1 Å². The van der Waals surface area contributed by atoms with Crippen LogP contribution in [-0.2, 0) is 14.3 Å². The highest BCUT2D eigenvalue weighted by Crippen LogP contribution is 2.24. The molecule has 0 bridgehead atoms. The lowest BCUT2D eigenvalue weighted by atomic mass is 10.2. The molecule has 0 aromatic carbocycles. The van der Waals surface area contributed by atoms with Crippen LogP contribution in [0.2, 0.25) is 0 Å². The number of esters is 1. The van der Waals surface area contributed by atoms with E-state index in [4.69, 9.17) is 9.47 Å². The molecule has 0 unspecified atom stereocenters. The average molecular weight is 340 g/mol. The van der Waals surface area contributed by atoms with Crippen LogP contribution in [0.5, 0.6) is 0 Å². The van der Waals surface area contributed by atoms with Gasteiger partial charge in [0.2, 0.25) is 0 Å². The summed E-state index contributed by atoms with van der Waals surface area (Å²) >= 11 is 1.22. The van der Waals surface area contributed by atoms with Gasteiger partial charge in [0.05, 0.1) is 17.4 Å². The van der Waals surface area contributed by atoms with Gasteiger partial charge in [-0.25, -0.2) is 14.6 Å². The maximum absolute atomic E-state index is 12.1. The third kappa shape index (κ3) is 6.81. The average Bonchev–Trinajstić information content (AvgIpc) is 2.80. The third-order valence-electron chi connectivity index (χ3n) is 2.36. The largest absolute Gasteiger partial charge is 0.459 e. The van der Waals surface area contributed by atoms with E-state index in [1.165, 1.54) is 11.3 Å². The normalized spacial score (nSPS) is 12.2. The van der Waals surface area contributed by atoms with Gasteiger partial charge in [-0.3, -0.25) is 5.32 Å². The van der Waals surface area contributed by atoms with E-state index in [2.05, 4.69) is 10.3 Å². The topological polar surface area (TPSA) is 77.5 Å². The van der Waals surface area contributed by atoms with E-state index in [1.54, 1.807) is 46.1 Å². The van der Waals surface area contributed by atoms with Gasteiger partial charge in [0, 0.05) is 5.38 Å². The number of aromatic nitrogens is 1. The molecule has 1 aromatic rings. The van der Waals surface area contributed by atoms with Gasteiger partial charge in [-0.2, -0.15) is 0 Å². The lowest BCUT2D eigenvalue weighted by molar-refractivity contribution is -0.140. The summed E-state index contributed by atoms with van der Waals surface area (Å²) in [6.07, 6.45) is 1.65. The van der Waals surface area contributed by atoms with Crippen molar-refractivity contribution in [1.29, 1.82) is 0 Å². The highest BCUT2D eigenvalue weighted by molar-refractivity contribution is 7.14. The predicted octanol–water partition coefficient (Wildman–Crippen LogP) is 4.24. The van der Waals surface area contributed by atoms with E-state index in [1.807, 2.05) is 6.92 Å². The SMILES string of the molecule is CC/C=C(\C(=O)OC(C)C)c1csc(NC(=O)OC(C)(C)C)n1. The van der Waals surface area contributed by atoms with Crippen molar-refractivity contribution in [2.24, 2.45) is 0 Å². The molecule has 128 valence electrons. The zero-order valence-corrected chi connectivity index (χ0v) is 15.2. The number of carbonyl (C=O) groups is 2. The van der Waals surface area contributed by atoms with Crippen LogP contribution >= 0.6 is 11.3 Å². The quantitative estimate of drug-likeness (QED) is 0.641. The molecule has 1 heterocycles. The number of amides is 1. The van der Waals surface area contributed by atoms with Crippen LogP contribution in [0.4, 0.5) is 9.93 Å². The van der Waals surface area contributed by atoms with E-state index in [0.29, 0.717) is 22.8 Å². The minimum Gasteiger partial charge on any atom is -0.459 e. The monoisotopic (exact) mass is 340 g/mol. The summed E-state index contributed by atoms with van der Waals surface area (Å²) in [7, 11) is 0. The van der Waals surface area contributed by atoms with Gasteiger partial charge in [0.1, 0.15) is 5.60 Å². The standard InChI is InChI=1S/C16H24N2O4S/c1-7-8-11(13(19)21-10(2)3)12-9-23-14(17-12)18-15(20)22-16(4,5)6/h8-10H,7H2,1-6H3,(H,17,18,20)/b11-8-. The summed E-state index contributed by atoms with van der Waals surface area (Å²) in [5.41, 5.74) is 0.293. The Morgan fingerprint density at radius 3 is 2.57 bits per heavy atom. The number of anilines is 1. The molecule has 1 N–H and O–H groups in total. The number of allylic oxidation sites excluding steroid dienone is 1. The molecule has 0 aliphatic heterocycles. The Balaban J connectivity index is 2.85. The number of nitrogens with one attached hydrogen (secondary N) is 1. The number of hydrogen-bond donors (Lipinski definition) is 1. The zero-order chi connectivity index (χ0) is 17.6. The van der Waals surface area contributed by atoms with Crippen LogP contribution in [0, 0.1) is 0 Å². The molecule has 1 amide bonds. The minimum absolute atomic E-state index is 0.208. The number of carbonyl (C=O) groups excluding carboxylic acids is 2. The first-order valence-corrected chi connectivity index (χ1v) is 8.37. The lowest BCUT2D eigenvalue weighted by Crippen LogP contribution is -2.27. The molecule has 0 aliphatic rings. The van der Waals surface area contributed by atoms with E-state index in [0.717, 1.165) is 0 Å². The van der Waals surface area contributed by atoms with Crippen LogP contribution < -0.4 is 5.32 Å². The fourth-order valence-corrected chi connectivity index (χ4v) is 2.32. The van der Waals surface area contributed by atoms with Crippen molar-refractivity contribution in [2.75, 3.05) is 5.32 Å². The van der Waals surface area contributed by atoms with E-state index < -0.39 is 17.7 Å². The Labute approximate surface area is 140 Å². The maximum atomic E-state index is 12.1. The predicted molar refractivity (Wildman–Crippen MR) is 91.5 cm³/mol. The Kier molecular flexibility index (Phi) is 6.75. The highest BCUT2D eigenvalue weighted by Gasteiger charge is 2.20. The summed E-state index contributed by atoms with van der Waals surface area (Å²) < 4.78 is 10.4. The summed E-state index contributed by atoms with van der Waals surface area (Å²) in [5, 5.41) is 4.64. The summed E-state index contributed by atoms with van der Waals surface area (Å²) in [4.78, 5) is 28.1. The van der Waals surface area contributed by atoms with Crippen LogP contribution in [0.3, 0.4) is 0 Å². The highest BCUT2D eigenvalue weighted by atomic mass is 32.1. The van der Waals surface area contributed by atoms with Crippen LogP contribution in [0.15, 0.2) is 11.5 Å². The summed E-state index contributed by atoms with van der Waals surface area (Å²) in [5.74, 6) is -0.420. The van der Waals surface area contributed by atoms with Gasteiger partial charge in [0.15, 0.2) is 5.13 Å². The van der Waals surface area contributed by atoms with Gasteiger partial charge < -0.3 is 9.47 Å². The Morgan fingerprint density at radius 2 is 2.04 bits per heavy atom. The smallest absolute Gasteiger partial charge is 0.413 e. The van der Waals surface area contributed by atoms with Crippen molar-refractivity contribution in [1.82, 2.24) is 4.98 Å². The molecule has 0 spiro atoms. The molecule has 23 heavy (non-hydrogen) atoms. The summed E-state index contributed by atoms with van der Waals surface area (Å²) in [6, 6.07) is 0. The number of hydrogen-bond acceptors (Lipinski definition) is 6. The van der Waals surface area contributed by atoms with Crippen molar-refractivity contribution in [3.8, 4) is 0 Å². The van der Waals surface area contributed by atoms with E-state index in [-0.39, 0.29) is 6.10 Å². The number of thiazole rings is 1. The molecule has 0 saturated carbocycles. The molecule has 7 heteroatoms. The molecule has 6 nitrogen and oxygen atoms in total. The second-order valence-electron chi connectivity index (χ2n) is 6.14. The molecular formula is C16H24N2O4S. The van der Waals surface area contributed by atoms with Crippen molar-refractivity contribution in [3.05, 3.63) is 17.2 Å². The van der Waals surface area contributed by atoms with Crippen LogP contribution in [-0.4, -0.2) is 28.8 Å². The first-order valence-electron chi connectivity index (χ1n) is 7.49. The lowest BCUT2D eigenvalue weighted by Gasteiger charge is -2.18. The molecule has 0 saturated heterocycles. The Morgan fingerprint density at radius 1 is 1.39 bits per heavy atom. The van der Waals surface area contributed by atoms with E-state index in [9.17, 15) is 9.59 Å². The minimum atomic E-state index is -0.585. The molecule has 1 aromatic heterocycles. The van der Waals surface area contributed by atoms with Crippen LogP contribution in [0.1, 0.15) is 53.7 Å². The zero-order valence-electron chi connectivity index (χ0n) is 14.4. The maximum Gasteiger partial charge on any atom is 0.413 e. The van der Waals surface area contributed by atoms with Gasteiger partial charge in [-0.1, -0.05) is 13.0 Å². The number of rotatable bonds is 5. The van der Waals surface area contributed by atoms with E-state index >= 15 is 0 Å². The molecular weight excluding hydrogens is 316 g/mol. The molecule has 0 aliphatic carbocycles. The Hall–Kier alpha value is -1.89. The molecule has 1 rings (SSSR count). The van der Waals surface area contributed by atoms with Gasteiger partial charge in [0.25, 0.3) is 0 Å².